The summed E-state index contributed by atoms with van der Waals surface area (Å²) >= 11 is 1.22. The summed E-state index contributed by atoms with van der Waals surface area (Å²) in [4.78, 5) is 47.8. The van der Waals surface area contributed by atoms with Gasteiger partial charge in [-0.2, -0.15) is 0 Å². The second-order valence-corrected chi connectivity index (χ2v) is 8.24. The highest BCUT2D eigenvalue weighted by molar-refractivity contribution is 7.15. The molecule has 0 spiro atoms. The lowest BCUT2D eigenvalue weighted by Gasteiger charge is -2.10. The van der Waals surface area contributed by atoms with Crippen molar-refractivity contribution in [2.24, 2.45) is 5.92 Å². The van der Waals surface area contributed by atoms with E-state index in [-0.39, 0.29) is 12.4 Å². The summed E-state index contributed by atoms with van der Waals surface area (Å²) in [6, 6.07) is 6.32. The van der Waals surface area contributed by atoms with Crippen LogP contribution in [0.1, 0.15) is 54.0 Å². The molecule has 0 radical (unpaired) electrons. The lowest BCUT2D eigenvalue weighted by molar-refractivity contribution is -0.149. The number of Topliss-reactive ketones (excluding diaryl/α,β-unsaturated/α-hetero) is 1. The monoisotopic (exact) mass is 461 g/mol. The second-order valence-electron chi connectivity index (χ2n) is 7.36. The molecule has 172 valence electrons. The number of esters is 2. The van der Waals surface area contributed by atoms with Crippen LogP contribution in [0, 0.1) is 5.92 Å². The maximum absolute atomic E-state index is 12.4. The third-order valence-corrected chi connectivity index (χ3v) is 5.15. The van der Waals surface area contributed by atoms with Crippen molar-refractivity contribution in [2.75, 3.05) is 25.1 Å². The van der Waals surface area contributed by atoms with E-state index in [0.717, 1.165) is 5.56 Å². The fraction of sp³-hybridized carbons (Fsp3) is 0.391. The van der Waals surface area contributed by atoms with Crippen LogP contribution < -0.4 is 10.1 Å². The van der Waals surface area contributed by atoms with Crippen LogP contribution in [0.3, 0.4) is 0 Å². The first-order valence-corrected chi connectivity index (χ1v) is 11.1. The summed E-state index contributed by atoms with van der Waals surface area (Å²) in [6.07, 6.45) is 0.667. The molecule has 0 aliphatic heterocycles. The molecule has 0 unspecified atom stereocenters. The molecule has 1 amide bonds. The average Bonchev–Trinajstić information content (AvgIpc) is 3.12. The largest absolute Gasteiger partial charge is 0.482 e. The van der Waals surface area contributed by atoms with E-state index in [9.17, 15) is 19.2 Å². The SMILES string of the molecule is CCOC(=O)c1c(CC(C)C)csc1NC(=O)COC(=O)COc1ccc(C(C)=O)cc1. The number of hydrogen-bond acceptors (Lipinski definition) is 8. The number of benzene rings is 1. The van der Waals surface area contributed by atoms with Crippen LogP contribution >= 0.6 is 11.3 Å². The van der Waals surface area contributed by atoms with Crippen molar-refractivity contribution in [3.63, 3.8) is 0 Å². The quantitative estimate of drug-likeness (QED) is 0.399. The molecule has 8 nitrogen and oxygen atoms in total. The summed E-state index contributed by atoms with van der Waals surface area (Å²) in [7, 11) is 0. The van der Waals surface area contributed by atoms with Gasteiger partial charge in [0, 0.05) is 5.56 Å². The maximum Gasteiger partial charge on any atom is 0.344 e. The van der Waals surface area contributed by atoms with E-state index in [1.54, 1.807) is 31.2 Å². The third kappa shape index (κ3) is 7.49. The zero-order valence-corrected chi connectivity index (χ0v) is 19.4. The Labute approximate surface area is 190 Å². The van der Waals surface area contributed by atoms with Gasteiger partial charge in [0.2, 0.25) is 0 Å². The minimum atomic E-state index is -0.729. The van der Waals surface area contributed by atoms with Crippen LogP contribution in [-0.2, 0) is 25.5 Å². The fourth-order valence-electron chi connectivity index (χ4n) is 2.78. The van der Waals surface area contributed by atoms with Gasteiger partial charge in [-0.05, 0) is 61.4 Å². The predicted molar refractivity (Wildman–Crippen MR) is 120 cm³/mol. The van der Waals surface area contributed by atoms with E-state index in [0.29, 0.717) is 34.2 Å². The normalized spacial score (nSPS) is 10.5. The lowest BCUT2D eigenvalue weighted by atomic mass is 10.0. The molecule has 0 aliphatic carbocycles. The number of thiophene rings is 1. The Kier molecular flexibility index (Phi) is 9.39. The summed E-state index contributed by atoms with van der Waals surface area (Å²) in [5, 5.41) is 4.80. The third-order valence-electron chi connectivity index (χ3n) is 4.21. The molecule has 9 heteroatoms. The van der Waals surface area contributed by atoms with E-state index in [2.05, 4.69) is 5.32 Å². The molecule has 2 rings (SSSR count). The molecule has 1 aromatic carbocycles. The van der Waals surface area contributed by atoms with Crippen molar-refractivity contribution in [2.45, 2.75) is 34.1 Å². The first kappa shape index (κ1) is 25.1. The molecule has 0 saturated heterocycles. The van der Waals surface area contributed by atoms with Gasteiger partial charge in [0.05, 0.1) is 12.2 Å². The van der Waals surface area contributed by atoms with E-state index in [1.165, 1.54) is 18.3 Å². The number of ether oxygens (including phenoxy) is 3. The van der Waals surface area contributed by atoms with Crippen molar-refractivity contribution in [3.05, 3.63) is 46.3 Å². The van der Waals surface area contributed by atoms with Crippen molar-refractivity contribution >= 4 is 40.0 Å². The number of rotatable bonds is 11. The topological polar surface area (TPSA) is 108 Å². The number of carbonyl (C=O) groups is 4. The molecule has 0 aliphatic rings. The van der Waals surface area contributed by atoms with Gasteiger partial charge >= 0.3 is 11.9 Å². The number of amides is 1. The molecular formula is C23H27NO7S. The molecule has 32 heavy (non-hydrogen) atoms. The molecule has 2 aromatic rings. The Bertz CT molecular complexity index is 963. The van der Waals surface area contributed by atoms with Crippen LogP contribution in [0.25, 0.3) is 0 Å². The molecule has 0 saturated carbocycles. The molecule has 1 heterocycles. The Balaban J connectivity index is 1.89. The van der Waals surface area contributed by atoms with E-state index >= 15 is 0 Å². The van der Waals surface area contributed by atoms with Gasteiger partial charge in [0.15, 0.2) is 19.0 Å². The molecular weight excluding hydrogens is 434 g/mol. The van der Waals surface area contributed by atoms with Gasteiger partial charge < -0.3 is 19.5 Å². The first-order chi connectivity index (χ1) is 15.2. The van der Waals surface area contributed by atoms with Crippen molar-refractivity contribution < 1.29 is 33.4 Å². The zero-order valence-electron chi connectivity index (χ0n) is 18.6. The highest BCUT2D eigenvalue weighted by Crippen LogP contribution is 2.31. The predicted octanol–water partition coefficient (Wildman–Crippen LogP) is 3.89. The van der Waals surface area contributed by atoms with Crippen LogP contribution in [-0.4, -0.2) is 43.4 Å². The molecule has 1 aromatic heterocycles. The summed E-state index contributed by atoms with van der Waals surface area (Å²) in [5.74, 6) is -1.16. The second kappa shape index (κ2) is 12.0. The van der Waals surface area contributed by atoms with Crippen LogP contribution in [0.4, 0.5) is 5.00 Å². The van der Waals surface area contributed by atoms with Crippen molar-refractivity contribution in [1.82, 2.24) is 0 Å². The standard InChI is InChI=1S/C23H27NO7S/c1-5-29-23(28)21-17(10-14(2)3)13-32-22(21)24-19(26)11-31-20(27)12-30-18-8-6-16(7-9-18)15(4)25/h6-9,13-14H,5,10-12H2,1-4H3,(H,24,26). The van der Waals surface area contributed by atoms with Crippen molar-refractivity contribution in [1.29, 1.82) is 0 Å². The van der Waals surface area contributed by atoms with E-state index < -0.39 is 31.1 Å². The summed E-state index contributed by atoms with van der Waals surface area (Å²) in [6.45, 7) is 6.54. The lowest BCUT2D eigenvalue weighted by Crippen LogP contribution is -2.24. The zero-order chi connectivity index (χ0) is 23.7. The molecule has 0 bridgehead atoms. The Hall–Kier alpha value is -3.20. The Morgan fingerprint density at radius 2 is 1.72 bits per heavy atom. The van der Waals surface area contributed by atoms with Gasteiger partial charge in [0.25, 0.3) is 5.91 Å². The molecule has 0 atom stereocenters. The van der Waals surface area contributed by atoms with Gasteiger partial charge in [0.1, 0.15) is 10.8 Å². The number of anilines is 1. The van der Waals surface area contributed by atoms with Gasteiger partial charge in [-0.25, -0.2) is 9.59 Å². The van der Waals surface area contributed by atoms with E-state index in [1.807, 2.05) is 19.2 Å². The Morgan fingerprint density at radius 3 is 2.31 bits per heavy atom. The fourth-order valence-corrected chi connectivity index (χ4v) is 3.76. The number of ketones is 1. The van der Waals surface area contributed by atoms with Crippen molar-refractivity contribution in [3.8, 4) is 5.75 Å². The highest BCUT2D eigenvalue weighted by Gasteiger charge is 2.22. The summed E-state index contributed by atoms with van der Waals surface area (Å²) < 4.78 is 15.4. The molecule has 0 fully saturated rings. The minimum absolute atomic E-state index is 0.0739. The van der Waals surface area contributed by atoms with E-state index in [4.69, 9.17) is 14.2 Å². The maximum atomic E-state index is 12.4. The average molecular weight is 462 g/mol. The van der Waals surface area contributed by atoms with Gasteiger partial charge in [-0.15, -0.1) is 11.3 Å². The number of hydrogen-bond donors (Lipinski definition) is 1. The van der Waals surface area contributed by atoms with Gasteiger partial charge in [-0.3, -0.25) is 9.59 Å². The first-order valence-electron chi connectivity index (χ1n) is 10.2. The number of carbonyl (C=O) groups excluding carboxylic acids is 4. The van der Waals surface area contributed by atoms with Crippen LogP contribution in [0.2, 0.25) is 0 Å². The molecule has 1 N–H and O–H groups in total. The summed E-state index contributed by atoms with van der Waals surface area (Å²) in [5.41, 5.74) is 1.67. The van der Waals surface area contributed by atoms with Gasteiger partial charge in [-0.1, -0.05) is 13.8 Å². The van der Waals surface area contributed by atoms with Crippen LogP contribution in [0.5, 0.6) is 5.75 Å². The number of nitrogens with one attached hydrogen (secondary N) is 1. The smallest absolute Gasteiger partial charge is 0.344 e. The Morgan fingerprint density at radius 1 is 1.03 bits per heavy atom. The van der Waals surface area contributed by atoms with Crippen LogP contribution in [0.15, 0.2) is 29.6 Å². The minimum Gasteiger partial charge on any atom is -0.482 e. The highest BCUT2D eigenvalue weighted by atomic mass is 32.1.